The van der Waals surface area contributed by atoms with E-state index in [2.05, 4.69) is 101 Å². The van der Waals surface area contributed by atoms with Crippen LogP contribution in [0, 0.1) is 26.7 Å². The Balaban J connectivity index is 0.917. The second-order valence-corrected chi connectivity index (χ2v) is 14.4. The lowest BCUT2D eigenvalue weighted by Crippen LogP contribution is -2.41. The third-order valence-electron chi connectivity index (χ3n) is 10.8. The number of aryl methyl sites for hydroxylation is 2. The van der Waals surface area contributed by atoms with Gasteiger partial charge in [-0.05, 0) is 92.8 Å². The zero-order valence-corrected chi connectivity index (χ0v) is 30.1. The van der Waals surface area contributed by atoms with Gasteiger partial charge in [0.05, 0.1) is 30.6 Å². The fourth-order valence-electron chi connectivity index (χ4n) is 7.97. The molecule has 0 spiro atoms. The molecule has 9 nitrogen and oxygen atoms in total. The van der Waals surface area contributed by atoms with E-state index in [4.69, 9.17) is 9.73 Å². The van der Waals surface area contributed by atoms with Gasteiger partial charge < -0.3 is 25.2 Å². The Morgan fingerprint density at radius 2 is 1.90 bits per heavy atom. The summed E-state index contributed by atoms with van der Waals surface area (Å²) >= 11 is 0. The number of aliphatic imine (C=N–C) groups is 1. The molecular weight excluding hydrogens is 622 g/mol. The number of nitrogens with one attached hydrogen (secondary N) is 2. The van der Waals surface area contributed by atoms with E-state index in [1.807, 2.05) is 12.3 Å². The number of ether oxygens (including phenoxy) is 1. The molecule has 2 aromatic carbocycles. The maximum absolute atomic E-state index is 13.4. The number of piperidine rings is 2. The summed E-state index contributed by atoms with van der Waals surface area (Å²) in [6.07, 6.45) is 7.55. The summed E-state index contributed by atoms with van der Waals surface area (Å²) in [4.78, 5) is 29.9. The molecule has 2 N–H and O–H groups in total. The Morgan fingerprint density at radius 3 is 2.70 bits per heavy atom. The highest BCUT2D eigenvalue weighted by atomic mass is 16.5. The zero-order chi connectivity index (χ0) is 34.8. The van der Waals surface area contributed by atoms with E-state index in [0.717, 1.165) is 105 Å². The number of benzene rings is 2. The van der Waals surface area contributed by atoms with Crippen LogP contribution in [0.3, 0.4) is 0 Å². The van der Waals surface area contributed by atoms with E-state index in [1.165, 1.54) is 22.3 Å². The fourth-order valence-corrected chi connectivity index (χ4v) is 7.97. The van der Waals surface area contributed by atoms with Crippen molar-refractivity contribution in [3.63, 3.8) is 0 Å². The van der Waals surface area contributed by atoms with Crippen LogP contribution in [-0.4, -0.2) is 72.3 Å². The van der Waals surface area contributed by atoms with Crippen LogP contribution in [0.2, 0.25) is 0 Å². The molecule has 0 bridgehead atoms. The first-order valence-corrected chi connectivity index (χ1v) is 18.2. The molecule has 2 fully saturated rings. The van der Waals surface area contributed by atoms with Crippen LogP contribution in [0.15, 0.2) is 71.6 Å². The van der Waals surface area contributed by atoms with Gasteiger partial charge in [-0.15, -0.1) is 0 Å². The molecule has 50 heavy (non-hydrogen) atoms. The van der Waals surface area contributed by atoms with E-state index < -0.39 is 0 Å². The average molecular weight is 674 g/mol. The first-order chi connectivity index (χ1) is 24.2. The van der Waals surface area contributed by atoms with Crippen molar-refractivity contribution in [2.45, 2.75) is 66.5 Å². The van der Waals surface area contributed by atoms with E-state index in [9.17, 15) is 4.79 Å². The molecule has 2 saturated heterocycles. The van der Waals surface area contributed by atoms with Gasteiger partial charge in [0, 0.05) is 57.1 Å². The first kappa shape index (κ1) is 33.8. The van der Waals surface area contributed by atoms with Gasteiger partial charge in [0.25, 0.3) is 0 Å². The lowest BCUT2D eigenvalue weighted by molar-refractivity contribution is -0.131. The molecule has 4 aliphatic heterocycles. The molecule has 0 aliphatic carbocycles. The summed E-state index contributed by atoms with van der Waals surface area (Å²) in [7, 11) is 0. The van der Waals surface area contributed by atoms with E-state index >= 15 is 0 Å². The molecule has 1 amide bonds. The number of pyridine rings is 1. The van der Waals surface area contributed by atoms with Crippen molar-refractivity contribution in [2.24, 2.45) is 10.9 Å². The first-order valence-electron chi connectivity index (χ1n) is 18.2. The average Bonchev–Trinajstić information content (AvgIpc) is 3.51. The number of anilines is 3. The minimum atomic E-state index is 0.223. The number of carbonyl (C=O) groups is 1. The molecule has 1 aromatic heterocycles. The van der Waals surface area contributed by atoms with Gasteiger partial charge in [-0.3, -0.25) is 9.69 Å². The second-order valence-electron chi connectivity index (χ2n) is 14.4. The van der Waals surface area contributed by atoms with Crippen LogP contribution >= 0.6 is 0 Å². The lowest BCUT2D eigenvalue weighted by Gasteiger charge is -2.34. The quantitative estimate of drug-likeness (QED) is 0.273. The molecule has 3 aromatic rings. The van der Waals surface area contributed by atoms with Crippen LogP contribution in [0.1, 0.15) is 59.6 Å². The molecule has 262 valence electrons. The third kappa shape index (κ3) is 7.43. The highest BCUT2D eigenvalue weighted by Crippen LogP contribution is 2.36. The predicted octanol–water partition coefficient (Wildman–Crippen LogP) is 6.79. The van der Waals surface area contributed by atoms with Crippen molar-refractivity contribution in [1.82, 2.24) is 14.8 Å². The van der Waals surface area contributed by atoms with E-state index in [-0.39, 0.29) is 5.91 Å². The molecule has 0 saturated carbocycles. The maximum atomic E-state index is 13.4. The predicted molar refractivity (Wildman–Crippen MR) is 203 cm³/mol. The SMILES string of the molecule is C=C(/N=C1/CN(c2cnc3c(c2C)NCCO3)CC/C1=C/C)Nc1ccc(CC(=O)N2CCC(CN3Cc4ccc(C)cc4C3)CC2)c(C)c1. The molecule has 7 rings (SSSR count). The number of amides is 1. The second kappa shape index (κ2) is 14.7. The number of aromatic nitrogens is 1. The van der Waals surface area contributed by atoms with Crippen LogP contribution in [0.25, 0.3) is 0 Å². The Bertz CT molecular complexity index is 1840. The minimum Gasteiger partial charge on any atom is -0.474 e. The maximum Gasteiger partial charge on any atom is 0.237 e. The summed E-state index contributed by atoms with van der Waals surface area (Å²) in [5.74, 6) is 2.14. The van der Waals surface area contributed by atoms with Gasteiger partial charge in [-0.1, -0.05) is 42.5 Å². The van der Waals surface area contributed by atoms with Gasteiger partial charge in [-0.25, -0.2) is 9.98 Å². The van der Waals surface area contributed by atoms with Gasteiger partial charge >= 0.3 is 0 Å². The van der Waals surface area contributed by atoms with Crippen LogP contribution in [-0.2, 0) is 24.3 Å². The number of rotatable bonds is 8. The third-order valence-corrected chi connectivity index (χ3v) is 10.8. The molecule has 5 heterocycles. The fraction of sp³-hybridized carbons (Fsp3) is 0.439. The summed E-state index contributed by atoms with van der Waals surface area (Å²) in [6, 6.07) is 13.0. The molecule has 0 radical (unpaired) electrons. The Labute approximate surface area is 297 Å². The van der Waals surface area contributed by atoms with Crippen LogP contribution in [0.5, 0.6) is 5.88 Å². The standard InChI is InChI=1S/C41H51N7O2/c1-6-32-13-17-48(38-22-43-41-40(29(38)4)42-14-18-50-41)26-37(32)45-30(5)44-36-10-9-33(28(3)20-36)21-39(49)47-15-11-31(12-16-47)23-46-24-34-8-7-27(2)19-35(34)25-46/h6-10,19-20,22,31,42,44H,5,11-18,21,23-26H2,1-4H3/b32-6-,45-37-. The Hall–Kier alpha value is -4.63. The Morgan fingerprint density at radius 1 is 1.08 bits per heavy atom. The normalized spacial score (nSPS) is 19.6. The highest BCUT2D eigenvalue weighted by Gasteiger charge is 2.28. The summed E-state index contributed by atoms with van der Waals surface area (Å²) < 4.78 is 5.74. The van der Waals surface area contributed by atoms with Crippen LogP contribution in [0.4, 0.5) is 17.1 Å². The van der Waals surface area contributed by atoms with Crippen molar-refractivity contribution >= 4 is 28.7 Å². The summed E-state index contributed by atoms with van der Waals surface area (Å²) in [5.41, 5.74) is 12.8. The number of hydrogen-bond acceptors (Lipinski definition) is 8. The molecule has 4 aliphatic rings. The summed E-state index contributed by atoms with van der Waals surface area (Å²) in [6.45, 7) is 20.6. The van der Waals surface area contributed by atoms with Crippen molar-refractivity contribution in [3.8, 4) is 5.88 Å². The van der Waals surface area contributed by atoms with Crippen molar-refractivity contribution < 1.29 is 9.53 Å². The monoisotopic (exact) mass is 673 g/mol. The Kier molecular flexibility index (Phi) is 9.95. The number of carbonyl (C=O) groups excluding carboxylic acids is 1. The zero-order valence-electron chi connectivity index (χ0n) is 30.1. The smallest absolute Gasteiger partial charge is 0.237 e. The number of nitrogens with zero attached hydrogens (tertiary/aromatic N) is 5. The molecular formula is C41H51N7O2. The molecule has 9 heteroatoms. The largest absolute Gasteiger partial charge is 0.474 e. The van der Waals surface area contributed by atoms with E-state index in [0.29, 0.717) is 37.2 Å². The number of fused-ring (bicyclic) bond motifs is 2. The van der Waals surface area contributed by atoms with Gasteiger partial charge in [-0.2, -0.15) is 0 Å². The topological polar surface area (TPSA) is 85.3 Å². The van der Waals surface area contributed by atoms with E-state index in [1.54, 1.807) is 0 Å². The molecule has 0 unspecified atom stereocenters. The van der Waals surface area contributed by atoms with Gasteiger partial charge in [0.1, 0.15) is 18.1 Å². The minimum absolute atomic E-state index is 0.223. The number of likely N-dealkylation sites (tertiary alicyclic amines) is 1. The highest BCUT2D eigenvalue weighted by molar-refractivity contribution is 6.05. The summed E-state index contributed by atoms with van der Waals surface area (Å²) in [5, 5.41) is 6.85. The van der Waals surface area contributed by atoms with Crippen molar-refractivity contribution in [2.75, 3.05) is 61.4 Å². The number of allylic oxidation sites excluding steroid dienone is 1. The van der Waals surface area contributed by atoms with Crippen molar-refractivity contribution in [1.29, 1.82) is 0 Å². The number of hydrogen-bond donors (Lipinski definition) is 2. The molecule has 0 atom stereocenters. The lowest BCUT2D eigenvalue weighted by atomic mass is 9.95. The van der Waals surface area contributed by atoms with Crippen LogP contribution < -0.4 is 20.3 Å². The van der Waals surface area contributed by atoms with Crippen molar-refractivity contribution in [3.05, 3.63) is 100 Å². The van der Waals surface area contributed by atoms with Gasteiger partial charge in [0.2, 0.25) is 11.8 Å². The van der Waals surface area contributed by atoms with Gasteiger partial charge in [0.15, 0.2) is 0 Å².